The summed E-state index contributed by atoms with van der Waals surface area (Å²) < 4.78 is 0. The molecule has 96 valence electrons. The molecule has 0 amide bonds. The Bertz CT molecular complexity index is 477. The summed E-state index contributed by atoms with van der Waals surface area (Å²) in [6.07, 6.45) is 4.80. The van der Waals surface area contributed by atoms with Crippen LogP contribution in [0.4, 0.5) is 5.82 Å². The average molecular weight is 285 g/mol. The SMILES string of the molecule is CC(C)C1C=CN=C(Nc2cc(Cl)nc(Cl)n2)C1. The lowest BCUT2D eigenvalue weighted by molar-refractivity contribution is 0.475. The smallest absolute Gasteiger partial charge is 0.225 e. The van der Waals surface area contributed by atoms with E-state index in [9.17, 15) is 0 Å². The van der Waals surface area contributed by atoms with E-state index in [0.717, 1.165) is 12.3 Å². The molecule has 4 nitrogen and oxygen atoms in total. The first-order valence-corrected chi connectivity index (χ1v) is 6.50. The maximum atomic E-state index is 5.82. The van der Waals surface area contributed by atoms with Gasteiger partial charge in [-0.25, -0.2) is 15.0 Å². The van der Waals surface area contributed by atoms with Crippen LogP contribution in [0.2, 0.25) is 10.4 Å². The minimum absolute atomic E-state index is 0.123. The number of amidine groups is 1. The first-order chi connectivity index (χ1) is 8.54. The number of rotatable bonds is 2. The van der Waals surface area contributed by atoms with Crippen LogP contribution < -0.4 is 5.32 Å². The second kappa shape index (κ2) is 5.67. The molecule has 0 aromatic carbocycles. The van der Waals surface area contributed by atoms with Crippen LogP contribution in [0.1, 0.15) is 20.3 Å². The van der Waals surface area contributed by atoms with Crippen molar-refractivity contribution in [3.05, 3.63) is 28.8 Å². The number of aliphatic imine (C=N–C) groups is 1. The van der Waals surface area contributed by atoms with Gasteiger partial charge < -0.3 is 5.32 Å². The lowest BCUT2D eigenvalue weighted by Crippen LogP contribution is -2.21. The molecule has 1 atom stereocenters. The van der Waals surface area contributed by atoms with Crippen LogP contribution in [0.25, 0.3) is 0 Å². The van der Waals surface area contributed by atoms with Crippen molar-refractivity contribution < 1.29 is 0 Å². The van der Waals surface area contributed by atoms with E-state index in [2.05, 4.69) is 40.2 Å². The summed E-state index contributed by atoms with van der Waals surface area (Å²) in [6, 6.07) is 1.62. The molecule has 1 aliphatic rings. The van der Waals surface area contributed by atoms with Gasteiger partial charge in [0.15, 0.2) is 0 Å². The number of halogens is 2. The van der Waals surface area contributed by atoms with Gasteiger partial charge in [0.25, 0.3) is 0 Å². The maximum Gasteiger partial charge on any atom is 0.225 e. The topological polar surface area (TPSA) is 50.2 Å². The average Bonchev–Trinajstić information content (AvgIpc) is 2.27. The fraction of sp³-hybridized carbons (Fsp3) is 0.417. The Balaban J connectivity index is 2.10. The van der Waals surface area contributed by atoms with Crippen molar-refractivity contribution in [1.29, 1.82) is 0 Å². The van der Waals surface area contributed by atoms with Gasteiger partial charge in [0, 0.05) is 18.7 Å². The number of aromatic nitrogens is 2. The van der Waals surface area contributed by atoms with Crippen LogP contribution >= 0.6 is 23.2 Å². The van der Waals surface area contributed by atoms with Crippen molar-refractivity contribution in [2.75, 3.05) is 5.32 Å². The van der Waals surface area contributed by atoms with Crippen LogP contribution in [-0.2, 0) is 0 Å². The van der Waals surface area contributed by atoms with Gasteiger partial charge in [0.05, 0.1) is 0 Å². The van der Waals surface area contributed by atoms with E-state index < -0.39 is 0 Å². The van der Waals surface area contributed by atoms with Gasteiger partial charge in [-0.15, -0.1) is 0 Å². The minimum atomic E-state index is 0.123. The highest BCUT2D eigenvalue weighted by Crippen LogP contribution is 2.22. The third-order valence-corrected chi connectivity index (χ3v) is 3.15. The summed E-state index contributed by atoms with van der Waals surface area (Å²) >= 11 is 11.6. The van der Waals surface area contributed by atoms with E-state index >= 15 is 0 Å². The summed E-state index contributed by atoms with van der Waals surface area (Å²) in [5.74, 6) is 2.49. The van der Waals surface area contributed by atoms with E-state index in [1.54, 1.807) is 6.07 Å². The zero-order chi connectivity index (χ0) is 13.1. The number of nitrogens with zero attached hydrogens (tertiary/aromatic N) is 3. The number of allylic oxidation sites excluding steroid dienone is 1. The van der Waals surface area contributed by atoms with Gasteiger partial charge in [-0.2, -0.15) is 0 Å². The van der Waals surface area contributed by atoms with E-state index in [1.165, 1.54) is 0 Å². The van der Waals surface area contributed by atoms with Crippen molar-refractivity contribution in [1.82, 2.24) is 9.97 Å². The molecule has 1 aliphatic heterocycles. The Morgan fingerprint density at radius 2 is 2.11 bits per heavy atom. The molecule has 18 heavy (non-hydrogen) atoms. The van der Waals surface area contributed by atoms with Crippen LogP contribution in [0, 0.1) is 11.8 Å². The molecule has 6 heteroatoms. The molecule has 1 aromatic rings. The molecule has 0 saturated carbocycles. The highest BCUT2D eigenvalue weighted by Gasteiger charge is 2.16. The first kappa shape index (κ1) is 13.3. The molecule has 0 fully saturated rings. The Morgan fingerprint density at radius 1 is 1.33 bits per heavy atom. The molecular formula is C12H14Cl2N4. The van der Waals surface area contributed by atoms with Gasteiger partial charge >= 0.3 is 0 Å². The third kappa shape index (κ3) is 3.43. The number of hydrogen-bond donors (Lipinski definition) is 1. The molecule has 0 saturated heterocycles. The molecule has 1 aromatic heterocycles. The van der Waals surface area contributed by atoms with Crippen LogP contribution in [0.5, 0.6) is 0 Å². The second-order valence-electron chi connectivity index (χ2n) is 4.50. The maximum absolute atomic E-state index is 5.82. The van der Waals surface area contributed by atoms with Crippen molar-refractivity contribution in [3.8, 4) is 0 Å². The largest absolute Gasteiger partial charge is 0.328 e. The van der Waals surface area contributed by atoms with Gasteiger partial charge in [0.2, 0.25) is 5.28 Å². The molecule has 0 radical (unpaired) electrons. The van der Waals surface area contributed by atoms with E-state index in [-0.39, 0.29) is 5.28 Å². The van der Waals surface area contributed by atoms with Crippen LogP contribution in [0.15, 0.2) is 23.3 Å². The molecule has 0 spiro atoms. The quantitative estimate of drug-likeness (QED) is 0.664. The Morgan fingerprint density at radius 3 is 2.78 bits per heavy atom. The summed E-state index contributed by atoms with van der Waals surface area (Å²) in [4.78, 5) is 12.1. The van der Waals surface area contributed by atoms with Crippen LogP contribution in [0.3, 0.4) is 0 Å². The summed E-state index contributed by atoms with van der Waals surface area (Å²) in [7, 11) is 0. The lowest BCUT2D eigenvalue weighted by atomic mass is 9.91. The molecule has 2 rings (SSSR count). The molecular weight excluding hydrogens is 271 g/mol. The van der Waals surface area contributed by atoms with Gasteiger partial charge in [0.1, 0.15) is 16.8 Å². The fourth-order valence-electron chi connectivity index (χ4n) is 1.73. The van der Waals surface area contributed by atoms with Gasteiger partial charge in [-0.3, -0.25) is 0 Å². The molecule has 1 unspecified atom stereocenters. The summed E-state index contributed by atoms with van der Waals surface area (Å²) in [6.45, 7) is 4.38. The predicted octanol–water partition coefficient (Wildman–Crippen LogP) is 3.78. The van der Waals surface area contributed by atoms with Crippen LogP contribution in [-0.4, -0.2) is 15.8 Å². The van der Waals surface area contributed by atoms with Crippen molar-refractivity contribution >= 4 is 34.9 Å². The number of nitrogens with one attached hydrogen (secondary N) is 1. The Kier molecular flexibility index (Phi) is 4.19. The highest BCUT2D eigenvalue weighted by atomic mass is 35.5. The van der Waals surface area contributed by atoms with E-state index in [0.29, 0.717) is 22.8 Å². The number of anilines is 1. The normalized spacial score (nSPS) is 18.9. The fourth-order valence-corrected chi connectivity index (χ4v) is 2.14. The van der Waals surface area contributed by atoms with Crippen molar-refractivity contribution in [2.45, 2.75) is 20.3 Å². The summed E-state index contributed by atoms with van der Waals surface area (Å²) in [5, 5.41) is 3.56. The monoisotopic (exact) mass is 284 g/mol. The van der Waals surface area contributed by atoms with Crippen molar-refractivity contribution in [3.63, 3.8) is 0 Å². The van der Waals surface area contributed by atoms with E-state index in [4.69, 9.17) is 23.2 Å². The minimum Gasteiger partial charge on any atom is -0.328 e. The predicted molar refractivity (Wildman–Crippen MR) is 75.2 cm³/mol. The van der Waals surface area contributed by atoms with Gasteiger partial charge in [-0.1, -0.05) is 31.5 Å². The highest BCUT2D eigenvalue weighted by molar-refractivity contribution is 6.32. The Labute approximate surface area is 116 Å². The second-order valence-corrected chi connectivity index (χ2v) is 5.22. The molecule has 1 N–H and O–H groups in total. The molecule has 2 heterocycles. The summed E-state index contributed by atoms with van der Waals surface area (Å²) in [5.41, 5.74) is 0. The standard InChI is InChI=1S/C12H14Cl2N4/c1-7(2)8-3-4-15-10(5-8)17-11-6-9(13)16-12(14)18-11/h3-4,6-8H,5H2,1-2H3,(H,15,16,17,18). The Hall–Kier alpha value is -1.13. The zero-order valence-corrected chi connectivity index (χ0v) is 11.7. The third-order valence-electron chi connectivity index (χ3n) is 2.79. The van der Waals surface area contributed by atoms with Gasteiger partial charge in [-0.05, 0) is 23.4 Å². The first-order valence-electron chi connectivity index (χ1n) is 5.75. The van der Waals surface area contributed by atoms with E-state index in [1.807, 2.05) is 6.20 Å². The zero-order valence-electron chi connectivity index (χ0n) is 10.2. The number of hydrogen-bond acceptors (Lipinski definition) is 4. The molecule has 0 bridgehead atoms. The van der Waals surface area contributed by atoms with Crippen molar-refractivity contribution in [2.24, 2.45) is 16.8 Å². The molecule has 0 aliphatic carbocycles. The lowest BCUT2D eigenvalue weighted by Gasteiger charge is -2.21.